The summed E-state index contributed by atoms with van der Waals surface area (Å²) < 4.78 is 23.6. The molecule has 0 fully saturated rings. The molecule has 0 aliphatic rings. The van der Waals surface area contributed by atoms with E-state index in [0.717, 1.165) is 6.26 Å². The maximum Gasteiger partial charge on any atom is 0.210 e. The summed E-state index contributed by atoms with van der Waals surface area (Å²) in [5, 5.41) is 0. The lowest BCUT2D eigenvalue weighted by Crippen LogP contribution is -2.41. The Balaban J connectivity index is 3.93. The van der Waals surface area contributed by atoms with Gasteiger partial charge in [-0.25, -0.2) is 8.42 Å². The van der Waals surface area contributed by atoms with Gasteiger partial charge in [-0.15, -0.1) is 0 Å². The zero-order chi connectivity index (χ0) is 8.36. The maximum atomic E-state index is 10.6. The molecule has 0 saturated carbocycles. The molecule has 0 amide bonds. The monoisotopic (exact) mass is 166 g/mol. The molecule has 0 heterocycles. The van der Waals surface area contributed by atoms with Crippen LogP contribution in [-0.4, -0.2) is 39.8 Å². The molecule has 62 valence electrons. The van der Waals surface area contributed by atoms with Crippen LogP contribution in [0.2, 0.25) is 0 Å². The van der Waals surface area contributed by atoms with E-state index in [9.17, 15) is 8.42 Å². The lowest BCUT2D eigenvalue weighted by molar-refractivity contribution is 0.299. The Bertz CT molecular complexity index is 186. The van der Waals surface area contributed by atoms with Crippen LogP contribution in [-0.2, 0) is 10.0 Å². The molecule has 1 unspecified atom stereocenters. The average molecular weight is 166 g/mol. The molecule has 1 N–H and O–H groups in total. The lowest BCUT2D eigenvalue weighted by Gasteiger charge is -2.19. The number of hydrogen-bond donors (Lipinski definition) is 1. The molecule has 0 spiro atoms. The fourth-order valence-corrected chi connectivity index (χ4v) is 1.25. The first-order chi connectivity index (χ1) is 4.33. The Morgan fingerprint density at radius 3 is 1.90 bits per heavy atom. The highest BCUT2D eigenvalue weighted by molar-refractivity contribution is 7.88. The Hall–Kier alpha value is -0.130. The van der Waals surface area contributed by atoms with Gasteiger partial charge in [0.05, 0.1) is 12.4 Å². The minimum atomic E-state index is -3.06. The SMILES string of the molecule is CC(NS(C)(=O)=O)N(C)C. The van der Waals surface area contributed by atoms with Gasteiger partial charge in [0, 0.05) is 0 Å². The Kier molecular flexibility index (Phi) is 3.27. The molecule has 0 aliphatic carbocycles. The van der Waals surface area contributed by atoms with E-state index in [1.807, 2.05) is 14.1 Å². The van der Waals surface area contributed by atoms with Crippen LogP contribution in [0.5, 0.6) is 0 Å². The molecular weight excluding hydrogens is 152 g/mol. The third kappa shape index (κ3) is 4.72. The van der Waals surface area contributed by atoms with E-state index in [0.29, 0.717) is 0 Å². The minimum Gasteiger partial charge on any atom is -0.294 e. The van der Waals surface area contributed by atoms with E-state index in [2.05, 4.69) is 4.72 Å². The van der Waals surface area contributed by atoms with Gasteiger partial charge in [-0.05, 0) is 21.0 Å². The van der Waals surface area contributed by atoms with Gasteiger partial charge in [-0.1, -0.05) is 0 Å². The second-order valence-electron chi connectivity index (χ2n) is 2.53. The molecular formula is C5H14N2O2S. The summed E-state index contributed by atoms with van der Waals surface area (Å²) in [6, 6.07) is 0. The Labute approximate surface area is 62.3 Å². The fraction of sp³-hybridized carbons (Fsp3) is 1.00. The third-order valence-electron chi connectivity index (χ3n) is 1.16. The second-order valence-corrected chi connectivity index (χ2v) is 4.31. The topological polar surface area (TPSA) is 49.4 Å². The summed E-state index contributed by atoms with van der Waals surface area (Å²) in [5.41, 5.74) is 0. The molecule has 0 aromatic heterocycles. The third-order valence-corrected chi connectivity index (χ3v) is 1.93. The van der Waals surface area contributed by atoms with Crippen LogP contribution in [0, 0.1) is 0 Å². The second kappa shape index (κ2) is 3.32. The van der Waals surface area contributed by atoms with Crippen molar-refractivity contribution in [3.8, 4) is 0 Å². The van der Waals surface area contributed by atoms with Crippen molar-refractivity contribution in [3.63, 3.8) is 0 Å². The number of nitrogens with one attached hydrogen (secondary N) is 1. The highest BCUT2D eigenvalue weighted by Crippen LogP contribution is 1.87. The summed E-state index contributed by atoms with van der Waals surface area (Å²) >= 11 is 0. The summed E-state index contributed by atoms with van der Waals surface area (Å²) in [6.07, 6.45) is 1.00. The van der Waals surface area contributed by atoms with Crippen molar-refractivity contribution in [3.05, 3.63) is 0 Å². The molecule has 4 nitrogen and oxygen atoms in total. The molecule has 1 atom stereocenters. The van der Waals surface area contributed by atoms with Crippen LogP contribution >= 0.6 is 0 Å². The maximum absolute atomic E-state index is 10.6. The summed E-state index contributed by atoms with van der Waals surface area (Å²) in [5.74, 6) is 0. The predicted octanol–water partition coefficient (Wildman–Crippen LogP) is -0.557. The van der Waals surface area contributed by atoms with Crippen LogP contribution in [0.15, 0.2) is 0 Å². The molecule has 0 radical (unpaired) electrons. The highest BCUT2D eigenvalue weighted by atomic mass is 32.2. The van der Waals surface area contributed by atoms with Crippen molar-refractivity contribution in [2.45, 2.75) is 13.1 Å². The average Bonchev–Trinajstić information content (AvgIpc) is 1.60. The lowest BCUT2D eigenvalue weighted by atomic mass is 10.6. The molecule has 10 heavy (non-hydrogen) atoms. The van der Waals surface area contributed by atoms with Gasteiger partial charge in [0.25, 0.3) is 0 Å². The highest BCUT2D eigenvalue weighted by Gasteiger charge is 2.08. The van der Waals surface area contributed by atoms with Crippen LogP contribution < -0.4 is 4.72 Å². The van der Waals surface area contributed by atoms with Crippen molar-refractivity contribution in [1.82, 2.24) is 9.62 Å². The van der Waals surface area contributed by atoms with Crippen LogP contribution in [0.25, 0.3) is 0 Å². The van der Waals surface area contributed by atoms with Gasteiger partial charge in [0.1, 0.15) is 0 Å². The van der Waals surface area contributed by atoms with Crippen LogP contribution in [0.1, 0.15) is 6.92 Å². The fourth-order valence-electron chi connectivity index (χ4n) is 0.415. The first-order valence-corrected chi connectivity index (χ1v) is 4.86. The largest absolute Gasteiger partial charge is 0.294 e. The molecule has 0 saturated heterocycles. The van der Waals surface area contributed by atoms with Crippen molar-refractivity contribution >= 4 is 10.0 Å². The van der Waals surface area contributed by atoms with E-state index in [4.69, 9.17) is 0 Å². The Morgan fingerprint density at radius 1 is 1.40 bits per heavy atom. The van der Waals surface area contributed by atoms with Crippen molar-refractivity contribution in [1.29, 1.82) is 0 Å². The first kappa shape index (κ1) is 9.87. The number of nitrogens with zero attached hydrogens (tertiary/aromatic N) is 1. The summed E-state index contributed by atoms with van der Waals surface area (Å²) in [7, 11) is 0.557. The molecule has 0 bridgehead atoms. The van der Waals surface area contributed by atoms with Gasteiger partial charge >= 0.3 is 0 Å². The number of hydrogen-bond acceptors (Lipinski definition) is 3. The van der Waals surface area contributed by atoms with E-state index in [1.165, 1.54) is 0 Å². The molecule has 0 aromatic rings. The zero-order valence-electron chi connectivity index (χ0n) is 6.75. The molecule has 5 heteroatoms. The molecule has 0 aliphatic heterocycles. The zero-order valence-corrected chi connectivity index (χ0v) is 7.57. The molecule has 0 rings (SSSR count). The van der Waals surface area contributed by atoms with Gasteiger partial charge in [0.2, 0.25) is 10.0 Å². The first-order valence-electron chi connectivity index (χ1n) is 2.96. The minimum absolute atomic E-state index is 0.144. The van der Waals surface area contributed by atoms with Crippen LogP contribution in [0.3, 0.4) is 0 Å². The molecule has 0 aromatic carbocycles. The van der Waals surface area contributed by atoms with E-state index in [-0.39, 0.29) is 6.17 Å². The van der Waals surface area contributed by atoms with E-state index >= 15 is 0 Å². The standard InChI is InChI=1S/C5H14N2O2S/c1-5(7(2)3)6-10(4,8)9/h5-6H,1-4H3. The Morgan fingerprint density at radius 2 is 1.80 bits per heavy atom. The predicted molar refractivity (Wildman–Crippen MR) is 41.1 cm³/mol. The quantitative estimate of drug-likeness (QED) is 0.572. The van der Waals surface area contributed by atoms with E-state index in [1.54, 1.807) is 11.8 Å². The smallest absolute Gasteiger partial charge is 0.210 e. The van der Waals surface area contributed by atoms with Gasteiger partial charge in [-0.2, -0.15) is 4.72 Å². The number of sulfonamides is 1. The summed E-state index contributed by atoms with van der Waals surface area (Å²) in [6.45, 7) is 1.78. The van der Waals surface area contributed by atoms with Crippen molar-refractivity contribution in [2.75, 3.05) is 20.4 Å². The van der Waals surface area contributed by atoms with Crippen molar-refractivity contribution < 1.29 is 8.42 Å². The number of rotatable bonds is 3. The van der Waals surface area contributed by atoms with Gasteiger partial charge in [0.15, 0.2) is 0 Å². The van der Waals surface area contributed by atoms with Crippen molar-refractivity contribution in [2.24, 2.45) is 0 Å². The normalized spacial score (nSPS) is 15.7. The van der Waals surface area contributed by atoms with E-state index < -0.39 is 10.0 Å². The van der Waals surface area contributed by atoms with Gasteiger partial charge < -0.3 is 0 Å². The van der Waals surface area contributed by atoms with Crippen LogP contribution in [0.4, 0.5) is 0 Å². The van der Waals surface area contributed by atoms with Gasteiger partial charge in [-0.3, -0.25) is 4.90 Å². The summed E-state index contributed by atoms with van der Waals surface area (Å²) in [4.78, 5) is 1.78.